The molecule has 0 amide bonds. The Hall–Kier alpha value is -0.980. The van der Waals surface area contributed by atoms with Crippen molar-refractivity contribution in [1.82, 2.24) is 25.4 Å². The van der Waals surface area contributed by atoms with E-state index in [9.17, 15) is 0 Å². The highest BCUT2D eigenvalue weighted by Crippen LogP contribution is 2.14. The Balaban J connectivity index is 0.00000280. The van der Waals surface area contributed by atoms with Crippen molar-refractivity contribution < 1.29 is 14.2 Å². The summed E-state index contributed by atoms with van der Waals surface area (Å²) in [5, 5.41) is 11.4. The molecule has 10 heteroatoms. The molecule has 1 saturated heterocycles. The molecule has 2 unspecified atom stereocenters. The van der Waals surface area contributed by atoms with Crippen LogP contribution in [0.1, 0.15) is 30.9 Å². The monoisotopic (exact) mass is 508 g/mol. The van der Waals surface area contributed by atoms with Crippen LogP contribution in [0.15, 0.2) is 4.99 Å². The van der Waals surface area contributed by atoms with Crippen LogP contribution in [0.5, 0.6) is 0 Å². The number of rotatable bonds is 9. The number of hydrogen-bond donors (Lipinski definition) is 2. The Bertz CT molecular complexity index is 606. The van der Waals surface area contributed by atoms with Crippen LogP contribution in [0.25, 0.3) is 0 Å². The lowest BCUT2D eigenvalue weighted by Crippen LogP contribution is -2.47. The molecule has 1 fully saturated rings. The normalized spacial score (nSPS) is 21.9. The van der Waals surface area contributed by atoms with Crippen LogP contribution in [0, 0.1) is 5.92 Å². The van der Waals surface area contributed by atoms with Gasteiger partial charge in [-0.2, -0.15) is 5.10 Å². The maximum absolute atomic E-state index is 5.74. The molecule has 0 aliphatic carbocycles. The summed E-state index contributed by atoms with van der Waals surface area (Å²) >= 11 is 0. The first-order chi connectivity index (χ1) is 13.3. The predicted octanol–water partition coefficient (Wildman–Crippen LogP) is 0.965. The van der Waals surface area contributed by atoms with Gasteiger partial charge in [-0.25, -0.2) is 9.67 Å². The van der Waals surface area contributed by atoms with E-state index in [1.807, 2.05) is 4.68 Å². The molecule has 1 aromatic rings. The third-order valence-electron chi connectivity index (χ3n) is 4.88. The van der Waals surface area contributed by atoms with Gasteiger partial charge in [0.15, 0.2) is 11.8 Å². The van der Waals surface area contributed by atoms with Crippen molar-refractivity contribution in [2.75, 3.05) is 47.1 Å². The molecule has 2 aliphatic rings. The molecule has 0 spiro atoms. The molecule has 28 heavy (non-hydrogen) atoms. The quantitative estimate of drug-likeness (QED) is 0.222. The smallest absolute Gasteiger partial charge is 0.191 e. The van der Waals surface area contributed by atoms with Gasteiger partial charge in [-0.1, -0.05) is 0 Å². The Morgan fingerprint density at radius 2 is 2.29 bits per heavy atom. The first-order valence-corrected chi connectivity index (χ1v) is 9.82. The summed E-state index contributed by atoms with van der Waals surface area (Å²) in [5.41, 5.74) is 0. The van der Waals surface area contributed by atoms with Gasteiger partial charge in [0.05, 0.1) is 19.8 Å². The van der Waals surface area contributed by atoms with E-state index in [2.05, 4.69) is 25.7 Å². The number of ether oxygens (including phenoxy) is 3. The van der Waals surface area contributed by atoms with E-state index >= 15 is 0 Å². The first-order valence-electron chi connectivity index (χ1n) is 9.82. The van der Waals surface area contributed by atoms with Crippen LogP contribution in [0.4, 0.5) is 0 Å². The van der Waals surface area contributed by atoms with Crippen molar-refractivity contribution in [2.24, 2.45) is 10.9 Å². The summed E-state index contributed by atoms with van der Waals surface area (Å²) in [7, 11) is 3.46. The third kappa shape index (κ3) is 7.12. The Kier molecular flexibility index (Phi) is 10.4. The van der Waals surface area contributed by atoms with E-state index in [0.29, 0.717) is 18.6 Å². The van der Waals surface area contributed by atoms with Crippen LogP contribution in [-0.2, 0) is 33.8 Å². The van der Waals surface area contributed by atoms with Crippen molar-refractivity contribution in [2.45, 2.75) is 44.9 Å². The van der Waals surface area contributed by atoms with Gasteiger partial charge >= 0.3 is 0 Å². The van der Waals surface area contributed by atoms with Crippen molar-refractivity contribution in [3.8, 4) is 0 Å². The second-order valence-corrected chi connectivity index (χ2v) is 7.10. The number of nitrogens with one attached hydrogen (secondary N) is 2. The lowest BCUT2D eigenvalue weighted by Gasteiger charge is -2.25. The molecule has 0 bridgehead atoms. The number of nitrogens with zero attached hydrogens (tertiary/aromatic N) is 4. The number of guanidine groups is 1. The number of halogens is 1. The molecule has 9 nitrogen and oxygen atoms in total. The largest absolute Gasteiger partial charge is 0.381 e. The number of fused-ring (bicyclic) bond motifs is 1. The van der Waals surface area contributed by atoms with Crippen LogP contribution in [-0.4, -0.2) is 73.9 Å². The zero-order chi connectivity index (χ0) is 18.9. The second kappa shape index (κ2) is 12.6. The Labute approximate surface area is 184 Å². The van der Waals surface area contributed by atoms with Gasteiger partial charge in [0.25, 0.3) is 0 Å². The van der Waals surface area contributed by atoms with E-state index in [4.69, 9.17) is 14.2 Å². The molecule has 160 valence electrons. The van der Waals surface area contributed by atoms with Crippen LogP contribution in [0.3, 0.4) is 0 Å². The maximum Gasteiger partial charge on any atom is 0.191 e. The standard InChI is InChI=1S/C18H32N6O3.HI/c1-19-18(20-7-3-8-26-11-14-6-9-27-12-14)21-15-4-5-17-22-16(13-25-2)23-24(17)10-15;/h14-15H,3-13H2,1-2H3,(H2,19,20,21);1H. The van der Waals surface area contributed by atoms with Gasteiger partial charge in [-0.05, 0) is 19.3 Å². The van der Waals surface area contributed by atoms with E-state index < -0.39 is 0 Å². The fourth-order valence-electron chi connectivity index (χ4n) is 3.40. The summed E-state index contributed by atoms with van der Waals surface area (Å²) in [4.78, 5) is 8.84. The van der Waals surface area contributed by atoms with E-state index in [0.717, 1.165) is 82.8 Å². The summed E-state index contributed by atoms with van der Waals surface area (Å²) in [6.45, 7) is 5.37. The van der Waals surface area contributed by atoms with Gasteiger partial charge in [0.2, 0.25) is 0 Å². The fourth-order valence-corrected chi connectivity index (χ4v) is 3.40. The zero-order valence-electron chi connectivity index (χ0n) is 16.9. The highest BCUT2D eigenvalue weighted by atomic mass is 127. The minimum atomic E-state index is 0. The highest BCUT2D eigenvalue weighted by Gasteiger charge is 2.22. The summed E-state index contributed by atoms with van der Waals surface area (Å²) < 4.78 is 18.2. The van der Waals surface area contributed by atoms with Gasteiger partial charge in [0, 0.05) is 52.3 Å². The Morgan fingerprint density at radius 3 is 3.04 bits per heavy atom. The molecule has 2 atom stereocenters. The summed E-state index contributed by atoms with van der Waals surface area (Å²) in [5.74, 6) is 3.18. The average molecular weight is 508 g/mol. The molecule has 3 rings (SSSR count). The molecule has 0 aromatic carbocycles. The molecular weight excluding hydrogens is 475 g/mol. The number of aryl methyl sites for hydroxylation is 1. The number of methoxy groups -OCH3 is 1. The van der Waals surface area contributed by atoms with Crippen molar-refractivity contribution in [3.63, 3.8) is 0 Å². The van der Waals surface area contributed by atoms with Crippen LogP contribution < -0.4 is 10.6 Å². The molecule has 3 heterocycles. The second-order valence-electron chi connectivity index (χ2n) is 7.10. The molecule has 1 aromatic heterocycles. The van der Waals surface area contributed by atoms with Crippen LogP contribution in [0.2, 0.25) is 0 Å². The predicted molar refractivity (Wildman–Crippen MR) is 117 cm³/mol. The lowest BCUT2D eigenvalue weighted by atomic mass is 10.1. The summed E-state index contributed by atoms with van der Waals surface area (Å²) in [6, 6.07) is 0.291. The van der Waals surface area contributed by atoms with Gasteiger partial charge < -0.3 is 24.8 Å². The fraction of sp³-hybridized carbons (Fsp3) is 0.833. The summed E-state index contributed by atoms with van der Waals surface area (Å²) in [6.07, 6.45) is 3.99. The van der Waals surface area contributed by atoms with Gasteiger partial charge in [-0.3, -0.25) is 4.99 Å². The van der Waals surface area contributed by atoms with Crippen molar-refractivity contribution >= 4 is 29.9 Å². The molecule has 2 N–H and O–H groups in total. The van der Waals surface area contributed by atoms with Crippen LogP contribution >= 0.6 is 24.0 Å². The molecule has 0 saturated carbocycles. The van der Waals surface area contributed by atoms with Gasteiger partial charge in [-0.15, -0.1) is 24.0 Å². The third-order valence-corrected chi connectivity index (χ3v) is 4.88. The van der Waals surface area contributed by atoms with Gasteiger partial charge in [0.1, 0.15) is 12.4 Å². The topological polar surface area (TPSA) is 94.8 Å². The number of hydrogen-bond acceptors (Lipinski definition) is 6. The van der Waals surface area contributed by atoms with Crippen molar-refractivity contribution in [3.05, 3.63) is 11.6 Å². The van der Waals surface area contributed by atoms with Crippen molar-refractivity contribution in [1.29, 1.82) is 0 Å². The molecule has 2 aliphatic heterocycles. The molecule has 0 radical (unpaired) electrons. The Morgan fingerprint density at radius 1 is 1.39 bits per heavy atom. The number of aromatic nitrogens is 3. The van der Waals surface area contributed by atoms with E-state index in [1.54, 1.807) is 14.2 Å². The maximum atomic E-state index is 5.74. The number of aliphatic imine (C=N–C) groups is 1. The SMILES string of the molecule is CN=C(NCCCOCC1CCOC1)NC1CCc2nc(COC)nn2C1.I. The van der Waals surface area contributed by atoms with E-state index in [1.165, 1.54) is 0 Å². The molecular formula is C18H33IN6O3. The zero-order valence-corrected chi connectivity index (χ0v) is 19.2. The first kappa shape index (κ1) is 23.3. The minimum Gasteiger partial charge on any atom is -0.381 e. The minimum absolute atomic E-state index is 0. The highest BCUT2D eigenvalue weighted by molar-refractivity contribution is 14.0. The van der Waals surface area contributed by atoms with E-state index in [-0.39, 0.29) is 24.0 Å². The average Bonchev–Trinajstić information content (AvgIpc) is 3.32. The lowest BCUT2D eigenvalue weighted by molar-refractivity contribution is 0.0888.